The van der Waals surface area contributed by atoms with Crippen molar-refractivity contribution in [2.75, 3.05) is 26.7 Å². The minimum absolute atomic E-state index is 0.122. The maximum atomic E-state index is 15.5. The van der Waals surface area contributed by atoms with Crippen LogP contribution in [0, 0.1) is 23.7 Å². The van der Waals surface area contributed by atoms with Gasteiger partial charge >= 0.3 is 5.97 Å². The number of carboxylic acids is 1. The molecule has 37 heavy (non-hydrogen) atoms. The van der Waals surface area contributed by atoms with Gasteiger partial charge in [-0.1, -0.05) is 29.5 Å². The molecule has 3 aromatic rings. The summed E-state index contributed by atoms with van der Waals surface area (Å²) in [5.41, 5.74) is 2.24. The molecule has 194 valence electrons. The molecular formula is C30H32ClFN2O3. The number of halogens is 2. The number of carbonyl (C=O) groups is 1. The van der Waals surface area contributed by atoms with Gasteiger partial charge in [-0.3, -0.25) is 14.7 Å². The van der Waals surface area contributed by atoms with Crippen LogP contribution in [0.1, 0.15) is 49.4 Å². The minimum Gasteiger partial charge on any atom is -0.497 e. The lowest BCUT2D eigenvalue weighted by Crippen LogP contribution is -2.41. The molecule has 2 aromatic carbocycles. The van der Waals surface area contributed by atoms with Crippen LogP contribution in [0.25, 0.3) is 10.9 Å². The second-order valence-corrected chi connectivity index (χ2v) is 10.1. The Kier molecular flexibility index (Phi) is 9.38. The number of benzene rings is 2. The van der Waals surface area contributed by atoms with Gasteiger partial charge in [0.05, 0.1) is 19.2 Å². The molecule has 0 unspecified atom stereocenters. The highest BCUT2D eigenvalue weighted by Crippen LogP contribution is 2.36. The Morgan fingerprint density at radius 1 is 1.24 bits per heavy atom. The standard InChI is InChI=1S/C30H32ClFN2O3/c1-37-25-9-11-29-27(19-25)26(13-15-33-29)28(32)10-7-22-14-17-34(20-23(22)8-12-30(35)36)16-3-5-21-4-2-6-24(31)18-21/h2,4,6,9,11,13,15,18-19,22-23,28H,7-8,10,12,14,16-17,20H2,1H3,(H,35,36)/t22-,23-,28-/m1/s1. The number of nitrogens with zero attached hydrogens (tertiary/aromatic N) is 2. The lowest BCUT2D eigenvalue weighted by Gasteiger charge is -2.38. The van der Waals surface area contributed by atoms with Gasteiger partial charge < -0.3 is 9.84 Å². The Balaban J connectivity index is 1.39. The second-order valence-electron chi connectivity index (χ2n) is 9.62. The predicted molar refractivity (Wildman–Crippen MR) is 145 cm³/mol. The van der Waals surface area contributed by atoms with Gasteiger partial charge in [0.2, 0.25) is 0 Å². The van der Waals surface area contributed by atoms with E-state index < -0.39 is 12.1 Å². The first-order valence-corrected chi connectivity index (χ1v) is 13.1. The highest BCUT2D eigenvalue weighted by Gasteiger charge is 2.30. The summed E-state index contributed by atoms with van der Waals surface area (Å²) >= 11 is 6.04. The van der Waals surface area contributed by atoms with E-state index in [2.05, 4.69) is 21.7 Å². The molecule has 1 fully saturated rings. The molecule has 0 bridgehead atoms. The third kappa shape index (κ3) is 7.44. The first-order chi connectivity index (χ1) is 17.9. The Labute approximate surface area is 222 Å². The van der Waals surface area contributed by atoms with Gasteiger partial charge in [0, 0.05) is 35.1 Å². The van der Waals surface area contributed by atoms with Crippen molar-refractivity contribution in [1.82, 2.24) is 9.88 Å². The zero-order valence-electron chi connectivity index (χ0n) is 21.0. The fourth-order valence-electron chi connectivity index (χ4n) is 5.20. The average Bonchev–Trinajstić information content (AvgIpc) is 2.90. The second kappa shape index (κ2) is 12.9. The number of aliphatic carboxylic acids is 1. The normalized spacial score (nSPS) is 18.7. The average molecular weight is 523 g/mol. The lowest BCUT2D eigenvalue weighted by molar-refractivity contribution is -0.137. The number of carboxylic acid groups (broad SMARTS) is 1. The zero-order valence-corrected chi connectivity index (χ0v) is 21.8. The number of methoxy groups -OCH3 is 1. The molecule has 1 N–H and O–H groups in total. The fraction of sp³-hybridized carbons (Fsp3) is 0.400. The number of alkyl halides is 1. The van der Waals surface area contributed by atoms with E-state index in [0.29, 0.717) is 42.1 Å². The van der Waals surface area contributed by atoms with Crippen LogP contribution in [-0.4, -0.2) is 47.7 Å². The van der Waals surface area contributed by atoms with Crippen LogP contribution in [0.2, 0.25) is 5.02 Å². The number of aromatic nitrogens is 1. The van der Waals surface area contributed by atoms with Gasteiger partial charge in [-0.25, -0.2) is 4.39 Å². The quantitative estimate of drug-likeness (QED) is 0.323. The van der Waals surface area contributed by atoms with E-state index in [0.717, 1.165) is 36.0 Å². The molecule has 2 heterocycles. The van der Waals surface area contributed by atoms with Gasteiger partial charge in [0.1, 0.15) is 11.9 Å². The predicted octanol–water partition coefficient (Wildman–Crippen LogP) is 6.54. The van der Waals surface area contributed by atoms with Gasteiger partial charge in [-0.05, 0) is 92.1 Å². The number of hydrogen-bond acceptors (Lipinski definition) is 4. The monoisotopic (exact) mass is 522 g/mol. The van der Waals surface area contributed by atoms with Crippen molar-refractivity contribution >= 4 is 28.5 Å². The van der Waals surface area contributed by atoms with Crippen molar-refractivity contribution in [1.29, 1.82) is 0 Å². The molecule has 0 aliphatic carbocycles. The number of fused-ring (bicyclic) bond motifs is 1. The molecule has 0 spiro atoms. The van der Waals surface area contributed by atoms with Crippen molar-refractivity contribution in [2.45, 2.75) is 38.3 Å². The van der Waals surface area contributed by atoms with Crippen LogP contribution < -0.4 is 4.74 Å². The van der Waals surface area contributed by atoms with E-state index in [-0.39, 0.29) is 18.3 Å². The first kappa shape index (κ1) is 26.9. The van der Waals surface area contributed by atoms with Crippen LogP contribution in [0.5, 0.6) is 5.75 Å². The Bertz CT molecular complexity index is 1290. The van der Waals surface area contributed by atoms with E-state index in [1.807, 2.05) is 42.5 Å². The smallest absolute Gasteiger partial charge is 0.303 e. The summed E-state index contributed by atoms with van der Waals surface area (Å²) in [6.45, 7) is 2.25. The molecule has 0 saturated carbocycles. The van der Waals surface area contributed by atoms with E-state index in [1.165, 1.54) is 0 Å². The summed E-state index contributed by atoms with van der Waals surface area (Å²) < 4.78 is 20.9. The molecule has 1 aliphatic heterocycles. The highest BCUT2D eigenvalue weighted by atomic mass is 35.5. The maximum absolute atomic E-state index is 15.5. The van der Waals surface area contributed by atoms with Crippen LogP contribution in [-0.2, 0) is 4.79 Å². The van der Waals surface area contributed by atoms with E-state index in [9.17, 15) is 9.90 Å². The number of rotatable bonds is 9. The first-order valence-electron chi connectivity index (χ1n) is 12.7. The van der Waals surface area contributed by atoms with Gasteiger partial charge in [0.25, 0.3) is 0 Å². The van der Waals surface area contributed by atoms with Crippen molar-refractivity contribution in [2.24, 2.45) is 11.8 Å². The molecule has 5 nitrogen and oxygen atoms in total. The van der Waals surface area contributed by atoms with Gasteiger partial charge in [-0.15, -0.1) is 0 Å². The number of pyridine rings is 1. The molecule has 4 rings (SSSR count). The number of piperidine rings is 1. The van der Waals surface area contributed by atoms with E-state index in [1.54, 1.807) is 19.4 Å². The SMILES string of the molecule is COc1ccc2nccc([C@H](F)CC[C@@H]3CCN(CC#Cc4cccc(Cl)c4)C[C@H]3CCC(=O)O)c2c1. The van der Waals surface area contributed by atoms with Gasteiger partial charge in [0.15, 0.2) is 0 Å². The number of likely N-dealkylation sites (tertiary alicyclic amines) is 1. The molecular weight excluding hydrogens is 491 g/mol. The van der Waals surface area contributed by atoms with Crippen LogP contribution >= 0.6 is 11.6 Å². The molecule has 1 aliphatic rings. The molecule has 0 amide bonds. The molecule has 1 aromatic heterocycles. The van der Waals surface area contributed by atoms with E-state index >= 15 is 4.39 Å². The maximum Gasteiger partial charge on any atom is 0.303 e. The fourth-order valence-corrected chi connectivity index (χ4v) is 5.39. The van der Waals surface area contributed by atoms with Crippen molar-refractivity contribution in [3.05, 3.63) is 70.9 Å². The molecule has 0 radical (unpaired) electrons. The van der Waals surface area contributed by atoms with Crippen molar-refractivity contribution in [3.63, 3.8) is 0 Å². The summed E-state index contributed by atoms with van der Waals surface area (Å²) in [4.78, 5) is 17.9. The summed E-state index contributed by atoms with van der Waals surface area (Å²) in [6, 6.07) is 14.7. The Morgan fingerprint density at radius 3 is 2.89 bits per heavy atom. The van der Waals surface area contributed by atoms with Crippen LogP contribution in [0.15, 0.2) is 54.7 Å². The highest BCUT2D eigenvalue weighted by molar-refractivity contribution is 6.30. The Morgan fingerprint density at radius 2 is 2.11 bits per heavy atom. The third-order valence-electron chi connectivity index (χ3n) is 7.18. The molecule has 7 heteroatoms. The molecule has 3 atom stereocenters. The number of hydrogen-bond donors (Lipinski definition) is 1. The largest absolute Gasteiger partial charge is 0.497 e. The number of ether oxygens (including phenoxy) is 1. The van der Waals surface area contributed by atoms with Crippen LogP contribution in [0.4, 0.5) is 4.39 Å². The van der Waals surface area contributed by atoms with E-state index in [4.69, 9.17) is 16.3 Å². The van der Waals surface area contributed by atoms with Crippen LogP contribution in [0.3, 0.4) is 0 Å². The summed E-state index contributed by atoms with van der Waals surface area (Å²) in [5, 5.41) is 10.7. The summed E-state index contributed by atoms with van der Waals surface area (Å²) in [6.07, 6.45) is 3.23. The lowest BCUT2D eigenvalue weighted by atomic mass is 9.79. The molecule has 1 saturated heterocycles. The summed E-state index contributed by atoms with van der Waals surface area (Å²) in [7, 11) is 1.59. The summed E-state index contributed by atoms with van der Waals surface area (Å²) in [5.74, 6) is 6.73. The zero-order chi connectivity index (χ0) is 26.2. The Hall–Kier alpha value is -3.14. The van der Waals surface area contributed by atoms with Crippen molar-refractivity contribution in [3.8, 4) is 17.6 Å². The third-order valence-corrected chi connectivity index (χ3v) is 7.41. The minimum atomic E-state index is -1.13. The van der Waals surface area contributed by atoms with Gasteiger partial charge in [-0.2, -0.15) is 0 Å². The topological polar surface area (TPSA) is 62.7 Å². The van der Waals surface area contributed by atoms with Crippen molar-refractivity contribution < 1.29 is 19.0 Å².